The first kappa shape index (κ1) is 15.9. The van der Waals surface area contributed by atoms with Gasteiger partial charge in [-0.1, -0.05) is 18.2 Å². The Morgan fingerprint density at radius 2 is 2.11 bits per heavy atom. The summed E-state index contributed by atoms with van der Waals surface area (Å²) in [6.07, 6.45) is 0.302. The fourth-order valence-corrected chi connectivity index (χ4v) is 2.20. The van der Waals surface area contributed by atoms with Crippen molar-refractivity contribution in [3.8, 4) is 5.75 Å². The smallest absolute Gasteiger partial charge is 0.260 e. The summed E-state index contributed by atoms with van der Waals surface area (Å²) in [4.78, 5) is 11.8. The molecule has 106 valence electrons. The zero-order valence-electron chi connectivity index (χ0n) is 11.2. The van der Waals surface area contributed by atoms with Crippen LogP contribution in [0.15, 0.2) is 30.3 Å². The largest absolute Gasteiger partial charge is 0.481 e. The van der Waals surface area contributed by atoms with Gasteiger partial charge in [-0.05, 0) is 31.2 Å². The number of para-hydroxylation sites is 1. The quantitative estimate of drug-likeness (QED) is 0.677. The van der Waals surface area contributed by atoms with Gasteiger partial charge in [0.1, 0.15) is 5.75 Å². The summed E-state index contributed by atoms with van der Waals surface area (Å²) in [5, 5.41) is 11.5. The van der Waals surface area contributed by atoms with Crippen LogP contribution in [0.1, 0.15) is 13.3 Å². The molecule has 1 aromatic rings. The molecule has 1 atom stereocenters. The molecule has 1 amide bonds. The van der Waals surface area contributed by atoms with Gasteiger partial charge in [0, 0.05) is 18.9 Å². The Morgan fingerprint density at radius 3 is 2.79 bits per heavy atom. The van der Waals surface area contributed by atoms with Gasteiger partial charge in [0.05, 0.1) is 0 Å². The van der Waals surface area contributed by atoms with Crippen molar-refractivity contribution in [2.75, 3.05) is 24.7 Å². The van der Waals surface area contributed by atoms with E-state index in [0.29, 0.717) is 12.3 Å². The SMILES string of the molecule is CC(Oc1ccccc1)C(=O)NCCSCCCO. The Morgan fingerprint density at radius 1 is 1.37 bits per heavy atom. The molecule has 1 rings (SSSR count). The molecule has 0 aliphatic rings. The average Bonchev–Trinajstić information content (AvgIpc) is 2.43. The van der Waals surface area contributed by atoms with Gasteiger partial charge in [-0.25, -0.2) is 0 Å². The summed E-state index contributed by atoms with van der Waals surface area (Å²) in [6.45, 7) is 2.58. The van der Waals surface area contributed by atoms with Crippen LogP contribution in [0.4, 0.5) is 0 Å². The molecule has 0 saturated heterocycles. The number of carbonyl (C=O) groups is 1. The van der Waals surface area contributed by atoms with Gasteiger partial charge in [-0.15, -0.1) is 0 Å². The predicted molar refractivity (Wildman–Crippen MR) is 78.6 cm³/mol. The number of nitrogens with one attached hydrogen (secondary N) is 1. The Hall–Kier alpha value is -1.20. The Kier molecular flexibility index (Phi) is 8.09. The zero-order chi connectivity index (χ0) is 13.9. The highest BCUT2D eigenvalue weighted by atomic mass is 32.2. The van der Waals surface area contributed by atoms with Crippen molar-refractivity contribution < 1.29 is 14.6 Å². The molecule has 0 aliphatic heterocycles. The minimum absolute atomic E-state index is 0.105. The standard InChI is InChI=1S/C14H21NO3S/c1-12(18-13-6-3-2-4-7-13)14(17)15-8-11-19-10-5-9-16/h2-4,6-7,12,16H,5,8-11H2,1H3,(H,15,17). The highest BCUT2D eigenvalue weighted by molar-refractivity contribution is 7.99. The minimum Gasteiger partial charge on any atom is -0.481 e. The molecule has 0 aromatic heterocycles. The van der Waals surface area contributed by atoms with E-state index in [0.717, 1.165) is 17.9 Å². The summed E-state index contributed by atoms with van der Waals surface area (Å²) >= 11 is 1.72. The Bertz CT molecular complexity index is 359. The molecule has 2 N–H and O–H groups in total. The van der Waals surface area contributed by atoms with Crippen LogP contribution in [0.2, 0.25) is 0 Å². The van der Waals surface area contributed by atoms with Crippen LogP contribution >= 0.6 is 11.8 Å². The molecule has 4 nitrogen and oxygen atoms in total. The number of aliphatic hydroxyl groups excluding tert-OH is 1. The monoisotopic (exact) mass is 283 g/mol. The van der Waals surface area contributed by atoms with E-state index >= 15 is 0 Å². The van der Waals surface area contributed by atoms with Crippen molar-refractivity contribution in [1.29, 1.82) is 0 Å². The number of carbonyl (C=O) groups excluding carboxylic acids is 1. The number of amides is 1. The molecule has 0 radical (unpaired) electrons. The molecule has 1 unspecified atom stereocenters. The molecule has 5 heteroatoms. The highest BCUT2D eigenvalue weighted by Crippen LogP contribution is 2.10. The maximum Gasteiger partial charge on any atom is 0.260 e. The second-order valence-electron chi connectivity index (χ2n) is 4.05. The summed E-state index contributed by atoms with van der Waals surface area (Å²) < 4.78 is 5.52. The molecule has 19 heavy (non-hydrogen) atoms. The van der Waals surface area contributed by atoms with E-state index in [9.17, 15) is 4.79 Å². The first-order valence-electron chi connectivity index (χ1n) is 6.42. The fourth-order valence-electron chi connectivity index (χ4n) is 1.42. The molecule has 0 saturated carbocycles. The summed E-state index contributed by atoms with van der Waals surface area (Å²) in [6, 6.07) is 9.31. The molecular weight excluding hydrogens is 262 g/mol. The van der Waals surface area contributed by atoms with Gasteiger partial charge in [-0.2, -0.15) is 11.8 Å². The van der Waals surface area contributed by atoms with Gasteiger partial charge in [-0.3, -0.25) is 4.79 Å². The molecular formula is C14H21NO3S. The number of hydrogen-bond donors (Lipinski definition) is 2. The number of benzene rings is 1. The lowest BCUT2D eigenvalue weighted by atomic mass is 10.3. The number of thioether (sulfide) groups is 1. The average molecular weight is 283 g/mol. The Balaban J connectivity index is 2.15. The van der Waals surface area contributed by atoms with Crippen LogP contribution in [-0.4, -0.2) is 41.8 Å². The van der Waals surface area contributed by atoms with Crippen LogP contribution in [0.3, 0.4) is 0 Å². The molecule has 0 aliphatic carbocycles. The zero-order valence-corrected chi connectivity index (χ0v) is 12.0. The normalized spacial score (nSPS) is 11.9. The number of rotatable bonds is 9. The van der Waals surface area contributed by atoms with Crippen molar-refractivity contribution in [3.05, 3.63) is 30.3 Å². The summed E-state index contributed by atoms with van der Waals surface area (Å²) in [7, 11) is 0. The maximum atomic E-state index is 11.8. The Labute approximate surface area is 118 Å². The van der Waals surface area contributed by atoms with E-state index in [4.69, 9.17) is 9.84 Å². The molecule has 0 spiro atoms. The second-order valence-corrected chi connectivity index (χ2v) is 5.28. The van der Waals surface area contributed by atoms with Crippen LogP contribution in [0.5, 0.6) is 5.75 Å². The molecule has 1 aromatic carbocycles. The molecule has 0 bridgehead atoms. The number of hydrogen-bond acceptors (Lipinski definition) is 4. The van der Waals surface area contributed by atoms with E-state index < -0.39 is 6.10 Å². The van der Waals surface area contributed by atoms with Crippen molar-refractivity contribution in [2.24, 2.45) is 0 Å². The lowest BCUT2D eigenvalue weighted by Gasteiger charge is -2.14. The predicted octanol–water partition coefficient (Wildman–Crippen LogP) is 1.69. The van der Waals surface area contributed by atoms with Crippen molar-refractivity contribution >= 4 is 17.7 Å². The van der Waals surface area contributed by atoms with Crippen molar-refractivity contribution in [2.45, 2.75) is 19.4 Å². The summed E-state index contributed by atoms with van der Waals surface area (Å²) in [5.74, 6) is 2.36. The third-order valence-corrected chi connectivity index (χ3v) is 3.49. The van der Waals surface area contributed by atoms with Gasteiger partial charge >= 0.3 is 0 Å². The first-order valence-corrected chi connectivity index (χ1v) is 7.57. The van der Waals surface area contributed by atoms with Crippen LogP contribution in [-0.2, 0) is 4.79 Å². The molecule has 0 heterocycles. The number of aliphatic hydroxyl groups is 1. The summed E-state index contributed by atoms with van der Waals surface area (Å²) in [5.41, 5.74) is 0. The van der Waals surface area contributed by atoms with Crippen LogP contribution in [0, 0.1) is 0 Å². The number of ether oxygens (including phenoxy) is 1. The van der Waals surface area contributed by atoms with E-state index in [1.165, 1.54) is 0 Å². The highest BCUT2D eigenvalue weighted by Gasteiger charge is 2.13. The van der Waals surface area contributed by atoms with Crippen LogP contribution in [0.25, 0.3) is 0 Å². The molecule has 0 fully saturated rings. The van der Waals surface area contributed by atoms with Gasteiger partial charge in [0.2, 0.25) is 0 Å². The third kappa shape index (κ3) is 7.08. The topological polar surface area (TPSA) is 58.6 Å². The lowest BCUT2D eigenvalue weighted by molar-refractivity contribution is -0.127. The maximum absolute atomic E-state index is 11.8. The van der Waals surface area contributed by atoms with Crippen LogP contribution < -0.4 is 10.1 Å². The minimum atomic E-state index is -0.496. The van der Waals surface area contributed by atoms with Crippen molar-refractivity contribution in [1.82, 2.24) is 5.32 Å². The van der Waals surface area contributed by atoms with Crippen molar-refractivity contribution in [3.63, 3.8) is 0 Å². The fraction of sp³-hybridized carbons (Fsp3) is 0.500. The van der Waals surface area contributed by atoms with E-state index in [1.54, 1.807) is 18.7 Å². The van der Waals surface area contributed by atoms with Gasteiger partial charge in [0.15, 0.2) is 6.10 Å². The lowest BCUT2D eigenvalue weighted by Crippen LogP contribution is -2.37. The van der Waals surface area contributed by atoms with E-state index in [2.05, 4.69) is 5.32 Å². The van der Waals surface area contributed by atoms with E-state index in [-0.39, 0.29) is 12.5 Å². The third-order valence-electron chi connectivity index (χ3n) is 2.42. The van der Waals surface area contributed by atoms with Gasteiger partial charge in [0.25, 0.3) is 5.91 Å². The first-order chi connectivity index (χ1) is 9.24. The van der Waals surface area contributed by atoms with E-state index in [1.807, 2.05) is 30.3 Å². The second kappa shape index (κ2) is 9.69. The van der Waals surface area contributed by atoms with Gasteiger partial charge < -0.3 is 15.2 Å².